The fourth-order valence-electron chi connectivity index (χ4n) is 5.55. The van der Waals surface area contributed by atoms with Crippen molar-refractivity contribution in [1.82, 2.24) is 15.3 Å². The van der Waals surface area contributed by atoms with Crippen molar-refractivity contribution in [3.05, 3.63) is 29.6 Å². The Morgan fingerprint density at radius 2 is 2.05 bits per heavy atom. The maximum absolute atomic E-state index is 13.9. The SMILES string of the molecule is CC1(O)CN(C=O)C1.CCc1ccc(OCCC2CC2C2CCN(C3=NC(C(C)C)NO3)CC2)cc1F. The van der Waals surface area contributed by atoms with E-state index in [0.717, 1.165) is 55.3 Å². The van der Waals surface area contributed by atoms with Crippen LogP contribution >= 0.6 is 0 Å². The van der Waals surface area contributed by atoms with E-state index in [-0.39, 0.29) is 12.0 Å². The van der Waals surface area contributed by atoms with Gasteiger partial charge in [0.2, 0.25) is 6.41 Å². The summed E-state index contributed by atoms with van der Waals surface area (Å²) in [7, 11) is 0. The number of amides is 1. The van der Waals surface area contributed by atoms with E-state index in [0.29, 0.717) is 37.8 Å². The molecular weight excluding hydrogens is 475 g/mol. The number of hydrogen-bond donors (Lipinski definition) is 2. The molecule has 1 aliphatic carbocycles. The monoisotopic (exact) mass is 518 g/mol. The average molecular weight is 519 g/mol. The Hall–Kier alpha value is -2.39. The number of aliphatic imine (C=N–C) groups is 1. The number of benzene rings is 1. The Bertz CT molecular complexity index is 940. The van der Waals surface area contributed by atoms with Crippen molar-refractivity contribution < 1.29 is 23.9 Å². The number of ether oxygens (including phenoxy) is 1. The first-order chi connectivity index (χ1) is 17.7. The number of rotatable bonds is 8. The molecule has 2 saturated heterocycles. The number of carbonyl (C=O) groups excluding carboxylic acids is 1. The first kappa shape index (κ1) is 27.6. The molecule has 0 radical (unpaired) electrons. The molecule has 8 nitrogen and oxygen atoms in total. The van der Waals surface area contributed by atoms with Gasteiger partial charge in [-0.3, -0.25) is 4.79 Å². The molecule has 0 spiro atoms. The van der Waals surface area contributed by atoms with E-state index in [9.17, 15) is 9.18 Å². The topological polar surface area (TPSA) is 86.6 Å². The van der Waals surface area contributed by atoms with Gasteiger partial charge in [0, 0.05) is 19.2 Å². The van der Waals surface area contributed by atoms with Gasteiger partial charge in [-0.1, -0.05) is 26.8 Å². The lowest BCUT2D eigenvalue weighted by atomic mass is 9.90. The number of nitrogens with zero attached hydrogens (tertiary/aromatic N) is 3. The molecule has 3 heterocycles. The number of aliphatic hydroxyl groups is 1. The van der Waals surface area contributed by atoms with Gasteiger partial charge in [0.25, 0.3) is 0 Å². The highest BCUT2D eigenvalue weighted by atomic mass is 19.1. The number of carbonyl (C=O) groups is 1. The second-order valence-electron chi connectivity index (χ2n) is 11.6. The molecule has 1 aromatic rings. The van der Waals surface area contributed by atoms with Gasteiger partial charge in [0.15, 0.2) is 0 Å². The third-order valence-corrected chi connectivity index (χ3v) is 7.94. The molecule has 3 atom stereocenters. The number of hydroxylamine groups is 1. The zero-order valence-corrected chi connectivity index (χ0v) is 22.7. The molecule has 3 unspecified atom stereocenters. The summed E-state index contributed by atoms with van der Waals surface area (Å²) in [6, 6.07) is 6.00. The standard InChI is InChI=1S/C23H34FN3O2.C5H9NO2/c1-4-16-5-6-19(14-21(16)24)28-12-9-18-13-20(18)17-7-10-27(11-8-17)23-25-22(15(2)3)26-29-23;1-5(8)2-6(3-5)4-7/h5-6,14-15,17-18,20,22,26H,4,7-13H2,1-3H3;4,8H,2-3H2,1H3. The van der Waals surface area contributed by atoms with Gasteiger partial charge in [0.05, 0.1) is 25.3 Å². The lowest BCUT2D eigenvalue weighted by molar-refractivity contribution is -0.138. The van der Waals surface area contributed by atoms with Gasteiger partial charge in [-0.15, -0.1) is 5.48 Å². The van der Waals surface area contributed by atoms with Crippen LogP contribution in [-0.4, -0.2) is 71.9 Å². The van der Waals surface area contributed by atoms with E-state index in [1.807, 2.05) is 19.1 Å². The van der Waals surface area contributed by atoms with Gasteiger partial charge in [-0.25, -0.2) is 9.38 Å². The van der Waals surface area contributed by atoms with Crippen molar-refractivity contribution >= 4 is 12.4 Å². The van der Waals surface area contributed by atoms with Crippen LogP contribution in [0.1, 0.15) is 58.9 Å². The van der Waals surface area contributed by atoms with Crippen LogP contribution in [0.25, 0.3) is 0 Å². The molecule has 4 aliphatic rings. The summed E-state index contributed by atoms with van der Waals surface area (Å²) in [5, 5.41) is 9.01. The molecular formula is C28H43FN4O4. The number of hydrogen-bond acceptors (Lipinski definition) is 7. The minimum absolute atomic E-state index is 0.0715. The summed E-state index contributed by atoms with van der Waals surface area (Å²) >= 11 is 0. The van der Waals surface area contributed by atoms with Crippen LogP contribution in [-0.2, 0) is 16.1 Å². The number of piperidine rings is 1. The van der Waals surface area contributed by atoms with Crippen molar-refractivity contribution in [3.8, 4) is 5.75 Å². The Kier molecular flexibility index (Phi) is 8.95. The van der Waals surface area contributed by atoms with E-state index in [1.165, 1.54) is 30.2 Å². The zero-order chi connectivity index (χ0) is 26.6. The van der Waals surface area contributed by atoms with Gasteiger partial charge in [-0.2, -0.15) is 0 Å². The molecule has 37 heavy (non-hydrogen) atoms. The van der Waals surface area contributed by atoms with Gasteiger partial charge >= 0.3 is 6.02 Å². The highest BCUT2D eigenvalue weighted by Crippen LogP contribution is 2.49. The molecule has 0 bridgehead atoms. The van der Waals surface area contributed by atoms with E-state index in [1.54, 1.807) is 6.92 Å². The Labute approximate surface area is 220 Å². The number of halogens is 1. The zero-order valence-electron chi connectivity index (χ0n) is 22.7. The molecule has 206 valence electrons. The fourth-order valence-corrected chi connectivity index (χ4v) is 5.55. The lowest BCUT2D eigenvalue weighted by Gasteiger charge is -2.41. The van der Waals surface area contributed by atoms with Crippen molar-refractivity contribution in [2.75, 3.05) is 32.8 Å². The first-order valence-corrected chi connectivity index (χ1v) is 13.8. The molecule has 1 aromatic carbocycles. The highest BCUT2D eigenvalue weighted by molar-refractivity contribution is 5.75. The van der Waals surface area contributed by atoms with Crippen LogP contribution < -0.4 is 10.2 Å². The Balaban J connectivity index is 0.000000342. The summed E-state index contributed by atoms with van der Waals surface area (Å²) in [5.41, 5.74) is 3.16. The third-order valence-electron chi connectivity index (χ3n) is 7.94. The van der Waals surface area contributed by atoms with Crippen LogP contribution in [0.2, 0.25) is 0 Å². The van der Waals surface area contributed by atoms with Crippen LogP contribution in [0.5, 0.6) is 5.75 Å². The summed E-state index contributed by atoms with van der Waals surface area (Å²) < 4.78 is 19.7. The quantitative estimate of drug-likeness (QED) is 0.512. The summed E-state index contributed by atoms with van der Waals surface area (Å²) in [5.74, 6) is 3.31. The number of nitrogens with one attached hydrogen (secondary N) is 1. The molecule has 0 aromatic heterocycles. The number of likely N-dealkylation sites (tertiary alicyclic amines) is 2. The second-order valence-corrected chi connectivity index (χ2v) is 11.6. The average Bonchev–Trinajstić information content (AvgIpc) is 3.45. The summed E-state index contributed by atoms with van der Waals surface area (Å²) in [4.78, 5) is 24.0. The van der Waals surface area contributed by atoms with Gasteiger partial charge < -0.3 is 24.5 Å². The molecule has 3 fully saturated rings. The lowest BCUT2D eigenvalue weighted by Crippen LogP contribution is -2.58. The largest absolute Gasteiger partial charge is 0.493 e. The van der Waals surface area contributed by atoms with E-state index in [4.69, 9.17) is 14.7 Å². The molecule has 3 aliphatic heterocycles. The molecule has 9 heteroatoms. The van der Waals surface area contributed by atoms with E-state index >= 15 is 0 Å². The molecule has 2 N–H and O–H groups in total. The molecule has 5 rings (SSSR count). The molecule has 1 amide bonds. The van der Waals surface area contributed by atoms with Crippen LogP contribution in [0.15, 0.2) is 23.2 Å². The van der Waals surface area contributed by atoms with E-state index < -0.39 is 5.60 Å². The predicted octanol–water partition coefficient (Wildman–Crippen LogP) is 3.59. The molecule has 1 saturated carbocycles. The van der Waals surface area contributed by atoms with Gasteiger partial charge in [0.1, 0.15) is 17.7 Å². The smallest absolute Gasteiger partial charge is 0.309 e. The number of amidine groups is 1. The fraction of sp³-hybridized carbons (Fsp3) is 0.714. The maximum Gasteiger partial charge on any atom is 0.309 e. The van der Waals surface area contributed by atoms with Crippen molar-refractivity contribution in [3.63, 3.8) is 0 Å². The normalized spacial score (nSPS) is 26.6. The highest BCUT2D eigenvalue weighted by Gasteiger charge is 2.43. The van der Waals surface area contributed by atoms with E-state index in [2.05, 4.69) is 29.2 Å². The van der Waals surface area contributed by atoms with Crippen LogP contribution in [0.4, 0.5) is 4.39 Å². The third kappa shape index (κ3) is 7.35. The van der Waals surface area contributed by atoms with Crippen molar-refractivity contribution in [2.24, 2.45) is 28.7 Å². The Morgan fingerprint density at radius 3 is 2.59 bits per heavy atom. The minimum atomic E-state index is -0.610. The second kappa shape index (κ2) is 12.0. The van der Waals surface area contributed by atoms with Crippen LogP contribution in [0, 0.1) is 29.5 Å². The first-order valence-electron chi connectivity index (χ1n) is 13.8. The van der Waals surface area contributed by atoms with Crippen LogP contribution in [0.3, 0.4) is 0 Å². The van der Waals surface area contributed by atoms with Crippen molar-refractivity contribution in [2.45, 2.75) is 71.6 Å². The number of aryl methyl sites for hydroxylation is 1. The Morgan fingerprint density at radius 1 is 1.32 bits per heavy atom. The van der Waals surface area contributed by atoms with Crippen molar-refractivity contribution in [1.29, 1.82) is 0 Å². The predicted molar refractivity (Wildman–Crippen MR) is 140 cm³/mol. The number of β-amino-alcohol motifs (C(OH)–C–C–N with tert-alkyl or cyclic N) is 1. The minimum Gasteiger partial charge on any atom is -0.493 e. The van der Waals surface area contributed by atoms with Gasteiger partial charge in [-0.05, 0) is 74.3 Å². The summed E-state index contributed by atoms with van der Waals surface area (Å²) in [6.45, 7) is 11.7. The maximum atomic E-state index is 13.9. The summed E-state index contributed by atoms with van der Waals surface area (Å²) in [6.07, 6.45) is 6.33.